The zero-order valence-electron chi connectivity index (χ0n) is 15.7. The van der Waals surface area contributed by atoms with Gasteiger partial charge >= 0.3 is 0 Å². The molecule has 1 aromatic carbocycles. The number of carbonyl (C=O) groups is 2. The average Bonchev–Trinajstić information content (AvgIpc) is 3.47. The average molecular weight is 394 g/mol. The van der Waals surface area contributed by atoms with Gasteiger partial charge in [0.25, 0.3) is 0 Å². The van der Waals surface area contributed by atoms with Crippen LogP contribution in [0.5, 0.6) is 0 Å². The summed E-state index contributed by atoms with van der Waals surface area (Å²) in [7, 11) is 0. The van der Waals surface area contributed by atoms with Gasteiger partial charge in [0.2, 0.25) is 11.8 Å². The van der Waals surface area contributed by atoms with Crippen molar-refractivity contribution in [1.29, 1.82) is 0 Å². The molecule has 5 nitrogen and oxygen atoms in total. The fourth-order valence-electron chi connectivity index (χ4n) is 3.50. The van der Waals surface area contributed by atoms with Gasteiger partial charge in [0.05, 0.1) is 12.1 Å². The largest absolute Gasteiger partial charge is 0.352 e. The molecule has 0 bridgehead atoms. The van der Waals surface area contributed by atoms with Crippen molar-refractivity contribution in [2.75, 3.05) is 13.1 Å². The van der Waals surface area contributed by atoms with Gasteiger partial charge in [-0.05, 0) is 36.5 Å². The van der Waals surface area contributed by atoms with Crippen molar-refractivity contribution in [3.8, 4) is 0 Å². The smallest absolute Gasteiger partial charge is 0.250 e. The quantitative estimate of drug-likeness (QED) is 0.819. The van der Waals surface area contributed by atoms with E-state index in [4.69, 9.17) is 0 Å². The lowest BCUT2D eigenvalue weighted by atomic mass is 10.2. The molecule has 2 aliphatic rings. The number of hydrogen-bond donors (Lipinski definition) is 1. The number of thiazole rings is 1. The molecule has 28 heavy (non-hydrogen) atoms. The number of amides is 2. The third-order valence-corrected chi connectivity index (χ3v) is 5.88. The van der Waals surface area contributed by atoms with E-state index < -0.39 is 0 Å². The summed E-state index contributed by atoms with van der Waals surface area (Å²) in [4.78, 5) is 31.2. The minimum absolute atomic E-state index is 0.0365. The molecule has 0 saturated carbocycles. The number of rotatable bonds is 6. The summed E-state index contributed by atoms with van der Waals surface area (Å²) in [5, 5.41) is 5.68. The summed E-state index contributed by atoms with van der Waals surface area (Å²) in [6.07, 6.45) is 7.14. The first-order chi connectivity index (χ1) is 13.7. The first-order valence-electron chi connectivity index (χ1n) is 9.64. The number of carbonyl (C=O) groups excluding carboxylic acids is 2. The van der Waals surface area contributed by atoms with Crippen molar-refractivity contribution in [3.63, 3.8) is 0 Å². The molecule has 2 aromatic rings. The van der Waals surface area contributed by atoms with Crippen LogP contribution in [0, 0.1) is 0 Å². The Morgan fingerprint density at radius 1 is 1.14 bits per heavy atom. The Labute approximate surface area is 168 Å². The molecule has 1 aliphatic heterocycles. The van der Waals surface area contributed by atoms with E-state index in [-0.39, 0.29) is 18.2 Å². The third-order valence-electron chi connectivity index (χ3n) is 5.03. The first-order valence-corrected chi connectivity index (χ1v) is 10.5. The predicted octanol–water partition coefficient (Wildman–Crippen LogP) is 3.34. The highest BCUT2D eigenvalue weighted by molar-refractivity contribution is 7.09. The molecule has 0 atom stereocenters. The van der Waals surface area contributed by atoms with E-state index in [0.29, 0.717) is 13.0 Å². The maximum Gasteiger partial charge on any atom is 0.250 e. The fraction of sp³-hybridized carbons (Fsp3) is 0.318. The normalized spacial score (nSPS) is 16.1. The van der Waals surface area contributed by atoms with Crippen molar-refractivity contribution in [3.05, 3.63) is 69.7 Å². The molecule has 1 saturated heterocycles. The Hall–Kier alpha value is -2.73. The molecule has 1 N–H and O–H groups in total. The third kappa shape index (κ3) is 4.39. The van der Waals surface area contributed by atoms with Crippen molar-refractivity contribution in [2.45, 2.75) is 32.2 Å². The summed E-state index contributed by atoms with van der Waals surface area (Å²) < 4.78 is 0. The van der Waals surface area contributed by atoms with Gasteiger partial charge in [0, 0.05) is 30.6 Å². The van der Waals surface area contributed by atoms with Crippen LogP contribution in [0.4, 0.5) is 0 Å². The molecule has 0 unspecified atom stereocenters. The summed E-state index contributed by atoms with van der Waals surface area (Å²) in [6.45, 7) is 2.25. The number of nitrogens with zero attached hydrogens (tertiary/aromatic N) is 2. The first kappa shape index (κ1) is 18.6. The lowest BCUT2D eigenvalue weighted by Crippen LogP contribution is -2.28. The number of hydrogen-bond acceptors (Lipinski definition) is 4. The van der Waals surface area contributed by atoms with E-state index in [9.17, 15) is 9.59 Å². The molecule has 0 radical (unpaired) electrons. The van der Waals surface area contributed by atoms with Gasteiger partial charge in [0.15, 0.2) is 0 Å². The number of allylic oxidation sites excluding steroid dienone is 3. The Morgan fingerprint density at radius 2 is 1.93 bits per heavy atom. The fourth-order valence-corrected chi connectivity index (χ4v) is 4.30. The van der Waals surface area contributed by atoms with Crippen molar-refractivity contribution in [2.24, 2.45) is 0 Å². The zero-order valence-corrected chi connectivity index (χ0v) is 16.5. The Bertz CT molecular complexity index is 924. The minimum atomic E-state index is -0.0365. The van der Waals surface area contributed by atoms with E-state index in [1.54, 1.807) is 0 Å². The van der Waals surface area contributed by atoms with Gasteiger partial charge in [-0.25, -0.2) is 4.98 Å². The lowest BCUT2D eigenvalue weighted by molar-refractivity contribution is -0.126. The topological polar surface area (TPSA) is 62.3 Å². The van der Waals surface area contributed by atoms with Crippen LogP contribution >= 0.6 is 11.3 Å². The molecule has 4 rings (SSSR count). The van der Waals surface area contributed by atoms with Crippen LogP contribution in [-0.2, 0) is 22.6 Å². The van der Waals surface area contributed by atoms with Crippen molar-refractivity contribution in [1.82, 2.24) is 15.2 Å². The minimum Gasteiger partial charge on any atom is -0.352 e. The lowest BCUT2D eigenvalue weighted by Gasteiger charge is -2.15. The highest BCUT2D eigenvalue weighted by Gasteiger charge is 2.24. The van der Waals surface area contributed by atoms with Crippen LogP contribution in [0.2, 0.25) is 0 Å². The molecule has 0 spiro atoms. The predicted molar refractivity (Wildman–Crippen MR) is 111 cm³/mol. The Morgan fingerprint density at radius 3 is 2.71 bits per heavy atom. The Kier molecular flexibility index (Phi) is 5.67. The Balaban J connectivity index is 1.32. The second-order valence-corrected chi connectivity index (χ2v) is 8.04. The summed E-state index contributed by atoms with van der Waals surface area (Å²) >= 11 is 1.48. The molecule has 144 valence electrons. The highest BCUT2D eigenvalue weighted by atomic mass is 32.1. The van der Waals surface area contributed by atoms with E-state index in [1.807, 2.05) is 46.7 Å². The number of nitrogens with one attached hydrogen (secondary N) is 1. The van der Waals surface area contributed by atoms with Crippen molar-refractivity contribution < 1.29 is 9.59 Å². The van der Waals surface area contributed by atoms with Gasteiger partial charge in [-0.2, -0.15) is 0 Å². The molecule has 2 amide bonds. The SMILES string of the molecule is O=C(Cc1nc(C2=CCC(C(=O)N3CCCC3)=C2)cs1)NCc1ccccc1. The molecule has 1 aromatic heterocycles. The molecule has 2 heterocycles. The van der Waals surface area contributed by atoms with E-state index in [1.165, 1.54) is 11.3 Å². The standard InChI is InChI=1S/C22H23N3O2S/c26-20(23-14-16-6-2-1-3-7-16)13-21-24-19(15-28-21)17-8-9-18(12-17)22(27)25-10-4-5-11-25/h1-3,6-8,12,15H,4-5,9-11,13-14H2,(H,23,26). The van der Waals surface area contributed by atoms with E-state index in [0.717, 1.165) is 53.3 Å². The molecule has 6 heteroatoms. The van der Waals surface area contributed by atoms with Crippen LogP contribution in [0.1, 0.15) is 35.5 Å². The van der Waals surface area contributed by atoms with Gasteiger partial charge in [0.1, 0.15) is 5.01 Å². The number of aromatic nitrogens is 1. The number of benzene rings is 1. The van der Waals surface area contributed by atoms with E-state index in [2.05, 4.69) is 16.4 Å². The summed E-state index contributed by atoms with van der Waals surface area (Å²) in [5.74, 6) is 0.116. The summed E-state index contributed by atoms with van der Waals surface area (Å²) in [6, 6.07) is 9.85. The van der Waals surface area contributed by atoms with Crippen LogP contribution in [0.15, 0.2) is 53.4 Å². The molecular formula is C22H23N3O2S. The monoisotopic (exact) mass is 393 g/mol. The molecule has 1 fully saturated rings. The highest BCUT2D eigenvalue weighted by Crippen LogP contribution is 2.29. The van der Waals surface area contributed by atoms with E-state index >= 15 is 0 Å². The number of likely N-dealkylation sites (tertiary alicyclic amines) is 1. The van der Waals surface area contributed by atoms with Crippen LogP contribution in [-0.4, -0.2) is 34.8 Å². The van der Waals surface area contributed by atoms with Gasteiger partial charge < -0.3 is 10.2 Å². The van der Waals surface area contributed by atoms with Gasteiger partial charge in [-0.15, -0.1) is 11.3 Å². The van der Waals surface area contributed by atoms with Gasteiger partial charge in [-0.1, -0.05) is 36.4 Å². The second kappa shape index (κ2) is 8.52. The van der Waals surface area contributed by atoms with Crippen LogP contribution in [0.25, 0.3) is 5.57 Å². The summed E-state index contributed by atoms with van der Waals surface area (Å²) in [5.41, 5.74) is 3.74. The van der Waals surface area contributed by atoms with Crippen LogP contribution < -0.4 is 5.32 Å². The zero-order chi connectivity index (χ0) is 19.3. The van der Waals surface area contributed by atoms with Crippen LogP contribution in [0.3, 0.4) is 0 Å². The molecule has 1 aliphatic carbocycles. The maximum absolute atomic E-state index is 12.5. The molecular weight excluding hydrogens is 370 g/mol. The van der Waals surface area contributed by atoms with Gasteiger partial charge in [-0.3, -0.25) is 9.59 Å². The second-order valence-electron chi connectivity index (χ2n) is 7.10. The maximum atomic E-state index is 12.5. The van der Waals surface area contributed by atoms with Crippen molar-refractivity contribution >= 4 is 28.7 Å².